The van der Waals surface area contributed by atoms with Gasteiger partial charge in [0.15, 0.2) is 5.78 Å². The van der Waals surface area contributed by atoms with Gasteiger partial charge in [0.2, 0.25) is 6.41 Å². The largest absolute Gasteiger partial charge is 0.326 e. The van der Waals surface area contributed by atoms with E-state index in [-0.39, 0.29) is 5.78 Å². The molecule has 0 spiro atoms. The van der Waals surface area contributed by atoms with Crippen LogP contribution in [0.5, 0.6) is 0 Å². The van der Waals surface area contributed by atoms with Crippen molar-refractivity contribution < 1.29 is 14.4 Å². The molecule has 2 saturated carbocycles. The van der Waals surface area contributed by atoms with Gasteiger partial charge >= 0.3 is 0 Å². The fraction of sp³-hybridized carbons (Fsp3) is 0.688. The van der Waals surface area contributed by atoms with Gasteiger partial charge < -0.3 is 5.32 Å². The summed E-state index contributed by atoms with van der Waals surface area (Å²) in [5, 5.41) is 2.50. The molecule has 2 rings (SSSR count). The summed E-state index contributed by atoms with van der Waals surface area (Å²) in [5.74, 6) is 0.426. The van der Waals surface area contributed by atoms with E-state index in [1.54, 1.807) is 0 Å². The van der Waals surface area contributed by atoms with E-state index in [0.717, 1.165) is 56.9 Å². The first kappa shape index (κ1) is 16.6. The maximum atomic E-state index is 11.2. The Kier molecular flexibility index (Phi) is 7.85. The Morgan fingerprint density at radius 1 is 0.950 bits per heavy atom. The second kappa shape index (κ2) is 9.45. The van der Waals surface area contributed by atoms with E-state index in [1.165, 1.54) is 19.8 Å². The fourth-order valence-corrected chi connectivity index (χ4v) is 2.69. The first-order valence-corrected chi connectivity index (χ1v) is 7.60. The molecule has 112 valence electrons. The molecule has 0 bridgehead atoms. The smallest absolute Gasteiger partial charge is 0.211 e. The highest BCUT2D eigenvalue weighted by Crippen LogP contribution is 2.24. The maximum absolute atomic E-state index is 11.2. The molecule has 1 amide bonds. The van der Waals surface area contributed by atoms with Crippen molar-refractivity contribution in [2.24, 2.45) is 0 Å². The van der Waals surface area contributed by atoms with Gasteiger partial charge in [0, 0.05) is 19.8 Å². The van der Waals surface area contributed by atoms with Crippen LogP contribution in [0.15, 0.2) is 11.3 Å². The van der Waals surface area contributed by atoms with Crippen molar-refractivity contribution in [1.82, 2.24) is 5.32 Å². The van der Waals surface area contributed by atoms with Gasteiger partial charge in [0.25, 0.3) is 0 Å². The molecule has 0 aromatic carbocycles. The molecule has 0 saturated heterocycles. The van der Waals surface area contributed by atoms with Crippen LogP contribution in [-0.4, -0.2) is 18.0 Å². The molecule has 1 N–H and O–H groups in total. The lowest BCUT2D eigenvalue weighted by molar-refractivity contribution is -0.120. The summed E-state index contributed by atoms with van der Waals surface area (Å²) >= 11 is 0. The molecule has 2 aliphatic carbocycles. The molecule has 0 heterocycles. The lowest BCUT2D eigenvalue weighted by Crippen LogP contribution is -2.20. The summed E-state index contributed by atoms with van der Waals surface area (Å²) in [6.07, 6.45) is 11.2. The fourth-order valence-electron chi connectivity index (χ4n) is 2.69. The van der Waals surface area contributed by atoms with Crippen molar-refractivity contribution in [1.29, 1.82) is 0 Å². The third-order valence-electron chi connectivity index (χ3n) is 3.78. The number of hydrogen-bond donors (Lipinski definition) is 1. The minimum Gasteiger partial charge on any atom is -0.326 e. The number of allylic oxidation sites excluding steroid dienone is 2. The standard InChI is InChI=1S/C10H15NO2.C6H10O/c1-8(13)10(11-7-12)9-5-3-2-4-6-9;7-6-4-2-1-3-5-6/h7H,2-6H2,1H3,(H,11,12);1-5H2. The van der Waals surface area contributed by atoms with Gasteiger partial charge in [0.1, 0.15) is 5.78 Å². The van der Waals surface area contributed by atoms with E-state index in [1.807, 2.05) is 0 Å². The number of amides is 1. The molecule has 0 aliphatic heterocycles. The number of carbonyl (C=O) groups is 3. The molecule has 4 heteroatoms. The van der Waals surface area contributed by atoms with Crippen LogP contribution in [0.1, 0.15) is 71.1 Å². The maximum Gasteiger partial charge on any atom is 0.211 e. The topological polar surface area (TPSA) is 63.2 Å². The van der Waals surface area contributed by atoms with Crippen LogP contribution in [0.25, 0.3) is 0 Å². The predicted octanol–water partition coefficient (Wildman–Crippen LogP) is 3.06. The second-order valence-electron chi connectivity index (χ2n) is 5.46. The Hall–Kier alpha value is -1.45. The minimum atomic E-state index is -0.0380. The number of hydrogen-bond acceptors (Lipinski definition) is 3. The first-order valence-electron chi connectivity index (χ1n) is 7.60. The van der Waals surface area contributed by atoms with E-state index in [9.17, 15) is 14.4 Å². The molecule has 0 aromatic heterocycles. The first-order chi connectivity index (χ1) is 9.65. The minimum absolute atomic E-state index is 0.0380. The molecular formula is C16H25NO3. The van der Waals surface area contributed by atoms with E-state index in [0.29, 0.717) is 17.9 Å². The summed E-state index contributed by atoms with van der Waals surface area (Å²) < 4.78 is 0. The van der Waals surface area contributed by atoms with Gasteiger partial charge in [0.05, 0.1) is 5.70 Å². The molecule has 0 aromatic rings. The summed E-state index contributed by atoms with van der Waals surface area (Å²) in [6, 6.07) is 0. The van der Waals surface area contributed by atoms with Crippen molar-refractivity contribution in [2.75, 3.05) is 0 Å². The van der Waals surface area contributed by atoms with Crippen LogP contribution in [0.3, 0.4) is 0 Å². The van der Waals surface area contributed by atoms with Gasteiger partial charge in [-0.3, -0.25) is 14.4 Å². The van der Waals surface area contributed by atoms with Crippen LogP contribution >= 0.6 is 0 Å². The Morgan fingerprint density at radius 3 is 1.80 bits per heavy atom. The zero-order valence-corrected chi connectivity index (χ0v) is 12.4. The van der Waals surface area contributed by atoms with Gasteiger partial charge in [-0.05, 0) is 44.1 Å². The van der Waals surface area contributed by atoms with Gasteiger partial charge in [-0.1, -0.05) is 12.8 Å². The third-order valence-corrected chi connectivity index (χ3v) is 3.78. The van der Waals surface area contributed by atoms with Gasteiger partial charge in [-0.25, -0.2) is 0 Å². The molecular weight excluding hydrogens is 254 g/mol. The SMILES string of the molecule is CC(=O)C(NC=O)=C1CCCCC1.O=C1CCCCC1. The van der Waals surface area contributed by atoms with Crippen molar-refractivity contribution in [3.05, 3.63) is 11.3 Å². The van der Waals surface area contributed by atoms with E-state index < -0.39 is 0 Å². The van der Waals surface area contributed by atoms with Crippen LogP contribution < -0.4 is 5.32 Å². The summed E-state index contributed by atoms with van der Waals surface area (Å²) in [5.41, 5.74) is 1.64. The Balaban J connectivity index is 0.000000240. The highest BCUT2D eigenvalue weighted by molar-refractivity contribution is 5.95. The molecule has 0 radical (unpaired) electrons. The van der Waals surface area contributed by atoms with Gasteiger partial charge in [-0.15, -0.1) is 0 Å². The Bertz CT molecular complexity index is 369. The van der Waals surface area contributed by atoms with Gasteiger partial charge in [-0.2, -0.15) is 0 Å². The molecule has 2 aliphatic rings. The monoisotopic (exact) mass is 279 g/mol. The highest BCUT2D eigenvalue weighted by Gasteiger charge is 2.13. The van der Waals surface area contributed by atoms with Crippen molar-refractivity contribution in [2.45, 2.75) is 71.1 Å². The zero-order chi connectivity index (χ0) is 14.8. The number of carbonyl (C=O) groups excluding carboxylic acids is 3. The molecule has 0 atom stereocenters. The number of Topliss-reactive ketones (excluding diaryl/α,β-unsaturated/α-hetero) is 2. The summed E-state index contributed by atoms with van der Waals surface area (Å²) in [7, 11) is 0. The summed E-state index contributed by atoms with van der Waals surface area (Å²) in [4.78, 5) is 31.9. The van der Waals surface area contributed by atoms with E-state index in [2.05, 4.69) is 5.32 Å². The number of ketones is 2. The Labute approximate surface area is 121 Å². The zero-order valence-electron chi connectivity index (χ0n) is 12.4. The molecule has 0 unspecified atom stereocenters. The lowest BCUT2D eigenvalue weighted by atomic mass is 9.92. The van der Waals surface area contributed by atoms with Crippen molar-refractivity contribution in [3.63, 3.8) is 0 Å². The number of nitrogens with one attached hydrogen (secondary N) is 1. The van der Waals surface area contributed by atoms with E-state index >= 15 is 0 Å². The quantitative estimate of drug-likeness (QED) is 0.638. The van der Waals surface area contributed by atoms with E-state index in [4.69, 9.17) is 0 Å². The highest BCUT2D eigenvalue weighted by atomic mass is 16.1. The van der Waals surface area contributed by atoms with Crippen LogP contribution in [0.2, 0.25) is 0 Å². The molecule has 20 heavy (non-hydrogen) atoms. The third kappa shape index (κ3) is 6.13. The Morgan fingerprint density at radius 2 is 1.45 bits per heavy atom. The second-order valence-corrected chi connectivity index (χ2v) is 5.46. The molecule has 2 fully saturated rings. The van der Waals surface area contributed by atoms with Crippen LogP contribution in [0, 0.1) is 0 Å². The average molecular weight is 279 g/mol. The normalized spacial score (nSPS) is 18.6. The average Bonchev–Trinajstić information content (AvgIpc) is 2.47. The predicted molar refractivity (Wildman–Crippen MR) is 78.1 cm³/mol. The molecule has 4 nitrogen and oxygen atoms in total. The summed E-state index contributed by atoms with van der Waals surface area (Å²) in [6.45, 7) is 1.49. The lowest BCUT2D eigenvalue weighted by Gasteiger charge is -2.16. The van der Waals surface area contributed by atoms with Crippen LogP contribution in [-0.2, 0) is 14.4 Å². The van der Waals surface area contributed by atoms with Crippen LogP contribution in [0.4, 0.5) is 0 Å². The number of rotatable bonds is 3. The van der Waals surface area contributed by atoms with Crippen molar-refractivity contribution >= 4 is 18.0 Å². The van der Waals surface area contributed by atoms with Crippen molar-refractivity contribution in [3.8, 4) is 0 Å².